The van der Waals surface area contributed by atoms with Crippen molar-refractivity contribution in [2.75, 3.05) is 37.9 Å². The van der Waals surface area contributed by atoms with Crippen LogP contribution in [0.3, 0.4) is 0 Å². The molecule has 6 heteroatoms. The number of ether oxygens (including phenoxy) is 2. The van der Waals surface area contributed by atoms with E-state index in [9.17, 15) is 0 Å². The van der Waals surface area contributed by atoms with Crippen LogP contribution < -0.4 is 15.4 Å². The summed E-state index contributed by atoms with van der Waals surface area (Å²) in [7, 11) is 3.33. The average Bonchev–Trinajstić information content (AvgIpc) is 2.38. The number of rotatable bonds is 3. The summed E-state index contributed by atoms with van der Waals surface area (Å²) in [5, 5.41) is 0. The van der Waals surface area contributed by atoms with Gasteiger partial charge in [-0.3, -0.25) is 0 Å². The molecule has 1 unspecified atom stereocenters. The Morgan fingerprint density at radius 1 is 1.39 bits per heavy atom. The second kappa shape index (κ2) is 4.97. The molecule has 18 heavy (non-hydrogen) atoms. The molecule has 1 saturated heterocycles. The summed E-state index contributed by atoms with van der Waals surface area (Å²) in [5.74, 6) is 1.65. The van der Waals surface area contributed by atoms with Crippen LogP contribution in [0, 0.1) is 0 Å². The van der Waals surface area contributed by atoms with Crippen LogP contribution in [0.1, 0.15) is 19.8 Å². The molecule has 6 nitrogen and oxygen atoms in total. The van der Waals surface area contributed by atoms with E-state index in [2.05, 4.69) is 21.8 Å². The lowest BCUT2D eigenvalue weighted by Crippen LogP contribution is -2.47. The summed E-state index contributed by atoms with van der Waals surface area (Å²) in [4.78, 5) is 10.4. The van der Waals surface area contributed by atoms with Crippen LogP contribution in [0.5, 0.6) is 5.75 Å². The molecule has 1 aromatic rings. The van der Waals surface area contributed by atoms with Crippen molar-refractivity contribution >= 4 is 11.6 Å². The Kier molecular flexibility index (Phi) is 3.56. The quantitative estimate of drug-likeness (QED) is 0.867. The third-order valence-corrected chi connectivity index (χ3v) is 3.47. The lowest BCUT2D eigenvalue weighted by molar-refractivity contribution is -0.00489. The SMILES string of the molecule is COc1c(N)ncnc1N1CCCC(C)(OC)C1. The Bertz CT molecular complexity index is 427. The molecule has 2 heterocycles. The van der Waals surface area contributed by atoms with E-state index in [-0.39, 0.29) is 5.60 Å². The van der Waals surface area contributed by atoms with Crippen molar-refractivity contribution in [3.63, 3.8) is 0 Å². The molecule has 0 bridgehead atoms. The highest BCUT2D eigenvalue weighted by molar-refractivity contribution is 5.63. The van der Waals surface area contributed by atoms with Crippen LogP contribution in [-0.2, 0) is 4.74 Å². The zero-order chi connectivity index (χ0) is 13.2. The van der Waals surface area contributed by atoms with Gasteiger partial charge in [-0.1, -0.05) is 0 Å². The van der Waals surface area contributed by atoms with Gasteiger partial charge in [0.15, 0.2) is 11.6 Å². The number of nitrogens with two attached hydrogens (primary N) is 1. The first kappa shape index (κ1) is 12.9. The molecule has 0 aromatic carbocycles. The zero-order valence-corrected chi connectivity index (χ0v) is 11.1. The topological polar surface area (TPSA) is 73.5 Å². The Morgan fingerprint density at radius 3 is 2.83 bits per heavy atom. The van der Waals surface area contributed by atoms with E-state index in [0.717, 1.165) is 31.7 Å². The standard InChI is InChI=1S/C12H20N4O2/c1-12(18-3)5-4-6-16(7-12)11-9(17-2)10(13)14-8-15-11/h8H,4-7H2,1-3H3,(H2,13,14,15). The molecule has 0 radical (unpaired) electrons. The van der Waals surface area contributed by atoms with Crippen LogP contribution in [0.2, 0.25) is 0 Å². The van der Waals surface area contributed by atoms with E-state index in [1.54, 1.807) is 14.2 Å². The van der Waals surface area contributed by atoms with E-state index in [4.69, 9.17) is 15.2 Å². The van der Waals surface area contributed by atoms with Gasteiger partial charge in [-0.25, -0.2) is 9.97 Å². The Balaban J connectivity index is 2.29. The number of hydrogen-bond acceptors (Lipinski definition) is 6. The minimum absolute atomic E-state index is 0.150. The highest BCUT2D eigenvalue weighted by Gasteiger charge is 2.32. The number of piperidine rings is 1. The monoisotopic (exact) mass is 252 g/mol. The van der Waals surface area contributed by atoms with Gasteiger partial charge in [-0.2, -0.15) is 0 Å². The van der Waals surface area contributed by atoms with Gasteiger partial charge in [0.25, 0.3) is 0 Å². The van der Waals surface area contributed by atoms with Crippen LogP contribution in [0.25, 0.3) is 0 Å². The van der Waals surface area contributed by atoms with Gasteiger partial charge in [0.05, 0.1) is 12.7 Å². The van der Waals surface area contributed by atoms with Crippen molar-refractivity contribution in [1.82, 2.24) is 9.97 Å². The molecule has 1 aliphatic rings. The van der Waals surface area contributed by atoms with Crippen LogP contribution in [0.15, 0.2) is 6.33 Å². The maximum atomic E-state index is 5.80. The van der Waals surface area contributed by atoms with E-state index in [1.165, 1.54) is 6.33 Å². The summed E-state index contributed by atoms with van der Waals surface area (Å²) in [6.07, 6.45) is 3.56. The van der Waals surface area contributed by atoms with Crippen molar-refractivity contribution in [3.8, 4) is 5.75 Å². The average molecular weight is 252 g/mol. The highest BCUT2D eigenvalue weighted by atomic mass is 16.5. The largest absolute Gasteiger partial charge is 0.490 e. The van der Waals surface area contributed by atoms with Gasteiger partial charge in [-0.05, 0) is 19.8 Å². The molecule has 100 valence electrons. The first-order chi connectivity index (χ1) is 8.59. The second-order valence-electron chi connectivity index (χ2n) is 4.79. The Hall–Kier alpha value is -1.56. The number of aromatic nitrogens is 2. The maximum Gasteiger partial charge on any atom is 0.204 e. The van der Waals surface area contributed by atoms with Gasteiger partial charge in [0.1, 0.15) is 6.33 Å². The fourth-order valence-electron chi connectivity index (χ4n) is 2.35. The number of hydrogen-bond donors (Lipinski definition) is 1. The van der Waals surface area contributed by atoms with Gasteiger partial charge in [-0.15, -0.1) is 0 Å². The maximum absolute atomic E-state index is 5.80. The number of nitrogens with zero attached hydrogens (tertiary/aromatic N) is 3. The first-order valence-corrected chi connectivity index (χ1v) is 6.04. The molecule has 0 aliphatic carbocycles. The van der Waals surface area contributed by atoms with Gasteiger partial charge in [0.2, 0.25) is 5.75 Å². The minimum Gasteiger partial charge on any atom is -0.490 e. The van der Waals surface area contributed by atoms with Crippen molar-refractivity contribution in [2.24, 2.45) is 0 Å². The molecular formula is C12H20N4O2. The first-order valence-electron chi connectivity index (χ1n) is 6.04. The number of anilines is 2. The number of methoxy groups -OCH3 is 2. The Labute approximate surface area is 107 Å². The third kappa shape index (κ3) is 2.33. The number of nitrogen functional groups attached to an aromatic ring is 1. The summed E-state index contributed by atoms with van der Waals surface area (Å²) >= 11 is 0. The molecule has 0 amide bonds. The van der Waals surface area contributed by atoms with E-state index < -0.39 is 0 Å². The molecular weight excluding hydrogens is 232 g/mol. The summed E-state index contributed by atoms with van der Waals surface area (Å²) in [6.45, 7) is 3.80. The Morgan fingerprint density at radius 2 is 2.17 bits per heavy atom. The highest BCUT2D eigenvalue weighted by Crippen LogP contribution is 2.34. The fraction of sp³-hybridized carbons (Fsp3) is 0.667. The minimum atomic E-state index is -0.150. The van der Waals surface area contributed by atoms with Gasteiger partial charge >= 0.3 is 0 Å². The van der Waals surface area contributed by atoms with E-state index >= 15 is 0 Å². The lowest BCUT2D eigenvalue weighted by atomic mass is 9.95. The van der Waals surface area contributed by atoms with E-state index in [0.29, 0.717) is 11.6 Å². The van der Waals surface area contributed by atoms with Crippen LogP contribution in [-0.4, -0.2) is 42.9 Å². The zero-order valence-electron chi connectivity index (χ0n) is 11.1. The van der Waals surface area contributed by atoms with Crippen LogP contribution >= 0.6 is 0 Å². The molecule has 1 aromatic heterocycles. The van der Waals surface area contributed by atoms with E-state index in [1.807, 2.05) is 0 Å². The molecule has 1 atom stereocenters. The molecule has 1 aliphatic heterocycles. The van der Waals surface area contributed by atoms with Crippen molar-refractivity contribution < 1.29 is 9.47 Å². The van der Waals surface area contributed by atoms with Crippen molar-refractivity contribution in [1.29, 1.82) is 0 Å². The summed E-state index contributed by atoms with van der Waals surface area (Å²) in [6, 6.07) is 0. The summed E-state index contributed by atoms with van der Waals surface area (Å²) in [5.41, 5.74) is 5.65. The predicted molar refractivity (Wildman–Crippen MR) is 69.9 cm³/mol. The fourth-order valence-corrected chi connectivity index (χ4v) is 2.35. The van der Waals surface area contributed by atoms with Crippen molar-refractivity contribution in [2.45, 2.75) is 25.4 Å². The van der Waals surface area contributed by atoms with Gasteiger partial charge < -0.3 is 20.1 Å². The van der Waals surface area contributed by atoms with Crippen LogP contribution in [0.4, 0.5) is 11.6 Å². The molecule has 1 fully saturated rings. The smallest absolute Gasteiger partial charge is 0.204 e. The normalized spacial score (nSPS) is 24.1. The molecule has 2 N–H and O–H groups in total. The molecule has 2 rings (SSSR count). The molecule has 0 spiro atoms. The summed E-state index contributed by atoms with van der Waals surface area (Å²) < 4.78 is 10.9. The third-order valence-electron chi connectivity index (χ3n) is 3.47. The lowest BCUT2D eigenvalue weighted by Gasteiger charge is -2.40. The predicted octanol–water partition coefficient (Wildman–Crippen LogP) is 1.07. The van der Waals surface area contributed by atoms with Crippen molar-refractivity contribution in [3.05, 3.63) is 6.33 Å². The molecule has 0 saturated carbocycles. The van der Waals surface area contributed by atoms with Gasteiger partial charge in [0, 0.05) is 20.2 Å². The second-order valence-corrected chi connectivity index (χ2v) is 4.79.